The van der Waals surface area contributed by atoms with Crippen LogP contribution in [0.5, 0.6) is 0 Å². The van der Waals surface area contributed by atoms with Crippen molar-refractivity contribution in [3.63, 3.8) is 0 Å². The molecule has 1 N–H and O–H groups in total. The van der Waals surface area contributed by atoms with Crippen molar-refractivity contribution in [1.82, 2.24) is 14.8 Å². The third-order valence-corrected chi connectivity index (χ3v) is 2.74. The van der Waals surface area contributed by atoms with Gasteiger partial charge in [0.15, 0.2) is 0 Å². The van der Waals surface area contributed by atoms with Crippen molar-refractivity contribution in [2.75, 3.05) is 0 Å². The molecule has 0 radical (unpaired) electrons. The molecule has 0 saturated carbocycles. The third kappa shape index (κ3) is 2.22. The highest BCUT2D eigenvalue weighted by atomic mass is 35.5. The lowest BCUT2D eigenvalue weighted by molar-refractivity contribution is 0.0683. The first-order valence-corrected chi connectivity index (χ1v) is 5.83. The van der Waals surface area contributed by atoms with Crippen LogP contribution in [0.2, 0.25) is 5.02 Å². The van der Waals surface area contributed by atoms with Gasteiger partial charge in [0.1, 0.15) is 5.82 Å². The van der Waals surface area contributed by atoms with Gasteiger partial charge in [-0.15, -0.1) is 5.10 Å². The van der Waals surface area contributed by atoms with Crippen LogP contribution in [0.4, 0.5) is 0 Å². The van der Waals surface area contributed by atoms with E-state index in [1.54, 1.807) is 18.2 Å². The Morgan fingerprint density at radius 2 is 2.06 bits per heavy atom. The van der Waals surface area contributed by atoms with Gasteiger partial charge in [0.2, 0.25) is 0 Å². The predicted molar refractivity (Wildman–Crippen MR) is 67.4 cm³/mol. The van der Waals surface area contributed by atoms with Crippen LogP contribution in [-0.2, 0) is 0 Å². The number of hydrogen-bond acceptors (Lipinski definition) is 3. The van der Waals surface area contributed by atoms with Crippen LogP contribution in [0.25, 0.3) is 5.69 Å². The van der Waals surface area contributed by atoms with E-state index < -0.39 is 5.97 Å². The second-order valence-corrected chi connectivity index (χ2v) is 4.52. The van der Waals surface area contributed by atoms with Gasteiger partial charge in [-0.25, -0.2) is 14.5 Å². The Bertz CT molecular complexity index is 593. The third-order valence-electron chi connectivity index (χ3n) is 2.42. The molecule has 0 aliphatic heterocycles. The molecular weight excluding hydrogens is 254 g/mol. The molecule has 0 unspecified atom stereocenters. The Hall–Kier alpha value is -1.88. The monoisotopic (exact) mass is 265 g/mol. The summed E-state index contributed by atoms with van der Waals surface area (Å²) in [5, 5.41) is 13.4. The molecule has 0 spiro atoms. The van der Waals surface area contributed by atoms with Crippen LogP contribution >= 0.6 is 11.6 Å². The lowest BCUT2D eigenvalue weighted by Gasteiger charge is -2.09. The summed E-state index contributed by atoms with van der Waals surface area (Å²) in [6, 6.07) is 7.11. The lowest BCUT2D eigenvalue weighted by Crippen LogP contribution is -2.05. The minimum Gasteiger partial charge on any atom is -0.475 e. The summed E-state index contributed by atoms with van der Waals surface area (Å²) in [7, 11) is 0. The Morgan fingerprint density at radius 1 is 1.39 bits per heavy atom. The van der Waals surface area contributed by atoms with Crippen LogP contribution in [-0.4, -0.2) is 25.8 Å². The molecule has 1 heterocycles. The largest absolute Gasteiger partial charge is 0.475 e. The molecule has 0 amide bonds. The van der Waals surface area contributed by atoms with E-state index in [9.17, 15) is 4.79 Å². The summed E-state index contributed by atoms with van der Waals surface area (Å²) < 4.78 is 1.48. The van der Waals surface area contributed by atoms with Crippen molar-refractivity contribution in [3.8, 4) is 5.69 Å². The summed E-state index contributed by atoms with van der Waals surface area (Å²) in [4.78, 5) is 15.0. The van der Waals surface area contributed by atoms with Gasteiger partial charge in [-0.05, 0) is 12.1 Å². The van der Waals surface area contributed by atoms with Crippen molar-refractivity contribution in [2.24, 2.45) is 0 Å². The number of carbonyl (C=O) groups is 1. The van der Waals surface area contributed by atoms with Gasteiger partial charge < -0.3 is 5.11 Å². The van der Waals surface area contributed by atoms with E-state index in [0.717, 1.165) is 0 Å². The first kappa shape index (κ1) is 12.6. The van der Waals surface area contributed by atoms with Crippen molar-refractivity contribution in [1.29, 1.82) is 0 Å². The second kappa shape index (κ2) is 4.78. The molecule has 0 saturated heterocycles. The fourth-order valence-electron chi connectivity index (χ4n) is 1.59. The Balaban J connectivity index is 2.63. The number of carboxylic acid groups (broad SMARTS) is 1. The summed E-state index contributed by atoms with van der Waals surface area (Å²) in [6.07, 6.45) is 0. The maximum Gasteiger partial charge on any atom is 0.375 e. The molecule has 94 valence electrons. The standard InChI is InChI=1S/C12H12ClN3O2/c1-7(2)11-14-10(12(17)18)15-16(11)9-6-4-3-5-8(9)13/h3-7H,1-2H3,(H,17,18). The normalized spacial score (nSPS) is 10.9. The van der Waals surface area contributed by atoms with Gasteiger partial charge in [0.05, 0.1) is 10.7 Å². The number of aromatic carboxylic acids is 1. The molecule has 1 aromatic carbocycles. The van der Waals surface area contributed by atoms with E-state index in [2.05, 4.69) is 10.1 Å². The highest BCUT2D eigenvalue weighted by Crippen LogP contribution is 2.23. The maximum absolute atomic E-state index is 10.9. The van der Waals surface area contributed by atoms with Crippen LogP contribution in [0, 0.1) is 0 Å². The Labute approximate surface area is 109 Å². The summed E-state index contributed by atoms with van der Waals surface area (Å²) >= 11 is 6.09. The average Bonchev–Trinajstić information content (AvgIpc) is 2.74. The topological polar surface area (TPSA) is 68.0 Å². The summed E-state index contributed by atoms with van der Waals surface area (Å²) in [5.41, 5.74) is 0.628. The van der Waals surface area contributed by atoms with Crippen molar-refractivity contribution < 1.29 is 9.90 Å². The van der Waals surface area contributed by atoms with Gasteiger partial charge in [-0.2, -0.15) is 0 Å². The molecule has 0 bridgehead atoms. The molecule has 2 aromatic rings. The van der Waals surface area contributed by atoms with Crippen LogP contribution < -0.4 is 0 Å². The number of nitrogens with zero attached hydrogens (tertiary/aromatic N) is 3. The molecule has 6 heteroatoms. The SMILES string of the molecule is CC(C)c1nc(C(=O)O)nn1-c1ccccc1Cl. The van der Waals surface area contributed by atoms with Gasteiger partial charge >= 0.3 is 5.97 Å². The molecule has 0 atom stereocenters. The molecular formula is C12H12ClN3O2. The van der Waals surface area contributed by atoms with Crippen LogP contribution in [0.15, 0.2) is 24.3 Å². The second-order valence-electron chi connectivity index (χ2n) is 4.12. The fraction of sp³-hybridized carbons (Fsp3) is 0.250. The van der Waals surface area contributed by atoms with Gasteiger partial charge in [0, 0.05) is 5.92 Å². The van der Waals surface area contributed by atoms with Crippen LogP contribution in [0.1, 0.15) is 36.2 Å². The fourth-order valence-corrected chi connectivity index (χ4v) is 1.81. The smallest absolute Gasteiger partial charge is 0.375 e. The van der Waals surface area contributed by atoms with E-state index in [1.165, 1.54) is 4.68 Å². The Kier molecular flexibility index (Phi) is 3.34. The number of rotatable bonds is 3. The molecule has 2 rings (SSSR count). The van der Waals surface area contributed by atoms with Crippen molar-refractivity contribution in [2.45, 2.75) is 19.8 Å². The zero-order valence-corrected chi connectivity index (χ0v) is 10.7. The lowest BCUT2D eigenvalue weighted by atomic mass is 10.2. The maximum atomic E-state index is 10.9. The first-order valence-electron chi connectivity index (χ1n) is 5.46. The Morgan fingerprint density at radius 3 is 2.61 bits per heavy atom. The molecule has 0 aliphatic carbocycles. The van der Waals surface area contributed by atoms with Crippen molar-refractivity contribution >= 4 is 17.6 Å². The van der Waals surface area contributed by atoms with E-state index in [4.69, 9.17) is 16.7 Å². The average molecular weight is 266 g/mol. The zero-order valence-electron chi connectivity index (χ0n) is 9.96. The number of carboxylic acids is 1. The highest BCUT2D eigenvalue weighted by Gasteiger charge is 2.19. The van der Waals surface area contributed by atoms with Gasteiger partial charge in [-0.3, -0.25) is 0 Å². The van der Waals surface area contributed by atoms with E-state index in [0.29, 0.717) is 16.5 Å². The minimum absolute atomic E-state index is 0.0434. The van der Waals surface area contributed by atoms with E-state index in [-0.39, 0.29) is 11.7 Å². The van der Waals surface area contributed by atoms with Gasteiger partial charge in [-0.1, -0.05) is 37.6 Å². The number of hydrogen-bond donors (Lipinski definition) is 1. The van der Waals surface area contributed by atoms with Crippen molar-refractivity contribution in [3.05, 3.63) is 40.9 Å². The molecule has 0 aliphatic rings. The number of halogens is 1. The zero-order chi connectivity index (χ0) is 13.3. The molecule has 0 fully saturated rings. The predicted octanol–water partition coefficient (Wildman–Crippen LogP) is 2.74. The first-order chi connectivity index (χ1) is 8.50. The molecule has 1 aromatic heterocycles. The molecule has 5 nitrogen and oxygen atoms in total. The summed E-state index contributed by atoms with van der Waals surface area (Å²) in [6.45, 7) is 3.84. The summed E-state index contributed by atoms with van der Waals surface area (Å²) in [5.74, 6) is -0.760. The van der Waals surface area contributed by atoms with E-state index in [1.807, 2.05) is 19.9 Å². The minimum atomic E-state index is -1.15. The number of benzene rings is 1. The van der Waals surface area contributed by atoms with Gasteiger partial charge in [0.25, 0.3) is 5.82 Å². The van der Waals surface area contributed by atoms with E-state index >= 15 is 0 Å². The molecule has 18 heavy (non-hydrogen) atoms. The highest BCUT2D eigenvalue weighted by molar-refractivity contribution is 6.32. The number of para-hydroxylation sites is 1. The van der Waals surface area contributed by atoms with Crippen LogP contribution in [0.3, 0.4) is 0 Å². The quantitative estimate of drug-likeness (QED) is 0.926. The number of aromatic nitrogens is 3.